The summed E-state index contributed by atoms with van der Waals surface area (Å²) in [6.45, 7) is 4.02. The molecule has 1 aromatic heterocycles. The third-order valence-electron chi connectivity index (χ3n) is 2.18. The molecule has 2 radical (unpaired) electrons. The Labute approximate surface area is 115 Å². The Morgan fingerprint density at radius 3 is 2.89 bits per heavy atom. The van der Waals surface area contributed by atoms with Gasteiger partial charge < -0.3 is 10.0 Å². The molecule has 18 heavy (non-hydrogen) atoms. The highest BCUT2D eigenvalue weighted by Crippen LogP contribution is 2.30. The minimum atomic E-state index is 0.199. The summed E-state index contributed by atoms with van der Waals surface area (Å²) in [5, 5.41) is 21.2. The Hall–Kier alpha value is -0.790. The van der Waals surface area contributed by atoms with Gasteiger partial charge in [-0.05, 0) is 23.6 Å². The van der Waals surface area contributed by atoms with E-state index in [1.54, 1.807) is 6.20 Å². The van der Waals surface area contributed by atoms with E-state index in [-0.39, 0.29) is 6.54 Å². The summed E-state index contributed by atoms with van der Waals surface area (Å²) in [7, 11) is 0. The normalized spacial score (nSPS) is 9.72. The molecule has 0 bridgehead atoms. The number of nitrogens with zero attached hydrogens (tertiary/aromatic N) is 4. The van der Waals surface area contributed by atoms with Crippen LogP contribution in [0.15, 0.2) is 16.2 Å². The number of pyridine rings is 1. The topological polar surface area (TPSA) is 102 Å². The Balaban J connectivity index is 3.14. The van der Waals surface area contributed by atoms with Crippen molar-refractivity contribution in [1.29, 1.82) is 0 Å². The summed E-state index contributed by atoms with van der Waals surface area (Å²) in [5.41, 5.74) is 10.8. The number of aryl methyl sites for hydroxylation is 1. The summed E-state index contributed by atoms with van der Waals surface area (Å²) in [5.74, 6) is 0.520. The van der Waals surface area contributed by atoms with Crippen molar-refractivity contribution in [3.05, 3.63) is 33.5 Å². The van der Waals surface area contributed by atoms with E-state index < -0.39 is 0 Å². The summed E-state index contributed by atoms with van der Waals surface area (Å²) < 4.78 is 0. The second-order valence-electron chi connectivity index (χ2n) is 3.21. The lowest BCUT2D eigenvalue weighted by atomic mass is 10.1. The van der Waals surface area contributed by atoms with E-state index in [1.807, 2.05) is 6.92 Å². The van der Waals surface area contributed by atoms with Gasteiger partial charge in [0, 0.05) is 21.8 Å². The molecule has 1 rings (SSSR count). The highest BCUT2D eigenvalue weighted by Gasteiger charge is 2.13. The zero-order valence-electron chi connectivity index (χ0n) is 9.65. The lowest BCUT2D eigenvalue weighted by Crippen LogP contribution is -2.01. The minimum absolute atomic E-state index is 0.199. The first-order valence-electron chi connectivity index (χ1n) is 4.92. The molecule has 0 saturated carbocycles. The first-order chi connectivity index (χ1) is 8.74. The average molecular weight is 280 g/mol. The molecule has 0 amide bonds. The molecule has 6 nitrogen and oxygen atoms in total. The van der Waals surface area contributed by atoms with Crippen LogP contribution >= 0.6 is 23.2 Å². The van der Waals surface area contributed by atoms with Crippen LogP contribution in [-0.4, -0.2) is 28.6 Å². The fourth-order valence-electron chi connectivity index (χ4n) is 1.41. The van der Waals surface area contributed by atoms with E-state index in [4.69, 9.17) is 15.6 Å². The molecule has 0 unspecified atom stereocenters. The van der Waals surface area contributed by atoms with Crippen molar-refractivity contribution < 1.29 is 10.0 Å². The first-order valence-corrected chi connectivity index (χ1v) is 6.85. The van der Waals surface area contributed by atoms with Crippen LogP contribution in [-0.2, 0) is 12.3 Å². The van der Waals surface area contributed by atoms with Crippen molar-refractivity contribution in [3.63, 3.8) is 0 Å². The largest absolute Gasteiger partial charge is 0.444 e. The van der Waals surface area contributed by atoms with Gasteiger partial charge in [0.25, 0.3) is 0 Å². The van der Waals surface area contributed by atoms with Gasteiger partial charge in [-0.25, -0.2) is 0 Å². The average Bonchev–Trinajstić information content (AvgIpc) is 2.38. The Morgan fingerprint density at radius 1 is 1.50 bits per heavy atom. The molecule has 0 atom stereocenters. The van der Waals surface area contributed by atoms with E-state index in [0.29, 0.717) is 5.75 Å². The molecule has 2 N–H and O–H groups in total. The summed E-state index contributed by atoms with van der Waals surface area (Å²) >= 11 is 2.37. The van der Waals surface area contributed by atoms with E-state index >= 15 is 0 Å². The SMILES string of the molecule is Cc1ncc(CN=[N+]=[N-])c(CS[B]O)c1S[B]O. The molecule has 0 aliphatic carbocycles. The molecule has 1 aromatic rings. The predicted octanol–water partition coefficient (Wildman–Crippen LogP) is 1.58. The maximum Gasteiger partial charge on any atom is 0.374 e. The second-order valence-corrected chi connectivity index (χ2v) is 4.89. The van der Waals surface area contributed by atoms with Crippen LogP contribution in [0, 0.1) is 6.92 Å². The van der Waals surface area contributed by atoms with E-state index in [2.05, 4.69) is 15.0 Å². The minimum Gasteiger partial charge on any atom is -0.444 e. The number of rotatable bonds is 7. The van der Waals surface area contributed by atoms with Gasteiger partial charge >= 0.3 is 13.5 Å². The van der Waals surface area contributed by atoms with Crippen molar-refractivity contribution in [1.82, 2.24) is 4.98 Å². The van der Waals surface area contributed by atoms with Crippen LogP contribution < -0.4 is 0 Å². The summed E-state index contributed by atoms with van der Waals surface area (Å²) in [6.07, 6.45) is 1.65. The fourth-order valence-corrected chi connectivity index (χ4v) is 2.74. The van der Waals surface area contributed by atoms with Crippen molar-refractivity contribution in [2.75, 3.05) is 0 Å². The molecule has 0 saturated heterocycles. The van der Waals surface area contributed by atoms with Crippen molar-refractivity contribution in [2.24, 2.45) is 5.11 Å². The van der Waals surface area contributed by atoms with Gasteiger partial charge in [-0.3, -0.25) is 4.98 Å². The van der Waals surface area contributed by atoms with Crippen LogP contribution in [0.3, 0.4) is 0 Å². The van der Waals surface area contributed by atoms with Crippen LogP contribution in [0.2, 0.25) is 0 Å². The number of aromatic nitrogens is 1. The quantitative estimate of drug-likeness (QED) is 0.341. The number of hydrogen-bond acceptors (Lipinski definition) is 6. The molecule has 1 heterocycles. The van der Waals surface area contributed by atoms with Crippen molar-refractivity contribution in [3.8, 4) is 0 Å². The van der Waals surface area contributed by atoms with Crippen LogP contribution in [0.4, 0.5) is 0 Å². The Kier molecular flexibility index (Phi) is 7.07. The predicted molar refractivity (Wildman–Crippen MR) is 74.9 cm³/mol. The third-order valence-corrected chi connectivity index (χ3v) is 3.67. The Morgan fingerprint density at radius 2 is 2.28 bits per heavy atom. The third kappa shape index (κ3) is 4.15. The van der Waals surface area contributed by atoms with Gasteiger partial charge in [0.2, 0.25) is 0 Å². The maximum atomic E-state index is 8.93. The smallest absolute Gasteiger partial charge is 0.374 e. The number of hydrogen-bond donors (Lipinski definition) is 2. The highest BCUT2D eigenvalue weighted by molar-refractivity contribution is 8.22. The summed E-state index contributed by atoms with van der Waals surface area (Å²) in [6, 6.07) is 0. The standard InChI is InChI=1S/C8H10B2N4O2S2/c1-5-8(18-10-16)7(4-17-9-15)6(2-12-5)3-13-14-11/h2,15-16H,3-4H2,1H3. The fraction of sp³-hybridized carbons (Fsp3) is 0.375. The van der Waals surface area contributed by atoms with Crippen LogP contribution in [0.1, 0.15) is 16.8 Å². The number of azide groups is 1. The molecular formula is C8H10B2N4O2S2. The zero-order valence-corrected chi connectivity index (χ0v) is 11.3. The van der Waals surface area contributed by atoms with Gasteiger partial charge in [0.05, 0.1) is 12.2 Å². The van der Waals surface area contributed by atoms with Gasteiger partial charge in [0.15, 0.2) is 0 Å². The van der Waals surface area contributed by atoms with E-state index in [9.17, 15) is 0 Å². The molecule has 0 aliphatic heterocycles. The first kappa shape index (κ1) is 15.3. The zero-order chi connectivity index (χ0) is 13.4. The Bertz CT molecular complexity index is 457. The van der Waals surface area contributed by atoms with Gasteiger partial charge in [-0.1, -0.05) is 5.11 Å². The molecule has 10 heteroatoms. The molecule has 92 valence electrons. The van der Waals surface area contributed by atoms with E-state index in [0.717, 1.165) is 46.9 Å². The van der Waals surface area contributed by atoms with Crippen LogP contribution in [0.5, 0.6) is 0 Å². The van der Waals surface area contributed by atoms with Crippen LogP contribution in [0.25, 0.3) is 10.4 Å². The molecule has 0 fully saturated rings. The summed E-state index contributed by atoms with van der Waals surface area (Å²) in [4.78, 5) is 7.74. The second kappa shape index (κ2) is 8.34. The lowest BCUT2D eigenvalue weighted by Gasteiger charge is -2.13. The van der Waals surface area contributed by atoms with Gasteiger partial charge in [-0.2, -0.15) is 11.6 Å². The highest BCUT2D eigenvalue weighted by atomic mass is 32.2. The molecule has 0 aromatic carbocycles. The van der Waals surface area contributed by atoms with Crippen molar-refractivity contribution >= 4 is 36.7 Å². The van der Waals surface area contributed by atoms with Crippen molar-refractivity contribution in [2.45, 2.75) is 24.1 Å². The van der Waals surface area contributed by atoms with Gasteiger partial charge in [-0.15, -0.1) is 11.6 Å². The van der Waals surface area contributed by atoms with E-state index in [1.165, 1.54) is 11.6 Å². The molecular weight excluding hydrogens is 270 g/mol. The lowest BCUT2D eigenvalue weighted by molar-refractivity contribution is 0.622. The molecule has 0 aliphatic rings. The van der Waals surface area contributed by atoms with Gasteiger partial charge in [0.1, 0.15) is 0 Å². The monoisotopic (exact) mass is 280 g/mol. The molecule has 0 spiro atoms. The maximum absolute atomic E-state index is 8.93.